The third-order valence-corrected chi connectivity index (χ3v) is 2.10. The summed E-state index contributed by atoms with van der Waals surface area (Å²) in [5, 5.41) is 18.8. The molecule has 1 aromatic rings. The molecule has 5 heteroatoms. The van der Waals surface area contributed by atoms with Crippen molar-refractivity contribution in [3.8, 4) is 0 Å². The van der Waals surface area contributed by atoms with E-state index in [-0.39, 0.29) is 12.1 Å². The summed E-state index contributed by atoms with van der Waals surface area (Å²) in [5.74, 6) is -0.906. The van der Waals surface area contributed by atoms with Crippen LogP contribution < -0.4 is 0 Å². The van der Waals surface area contributed by atoms with Gasteiger partial charge in [-0.25, -0.2) is 0 Å². The fourth-order valence-electron chi connectivity index (χ4n) is 1.08. The lowest BCUT2D eigenvalue weighted by molar-refractivity contribution is -0.384. The van der Waals surface area contributed by atoms with E-state index in [1.165, 1.54) is 31.4 Å². The Hall–Kier alpha value is -1.91. The molecule has 0 radical (unpaired) electrons. The zero-order valence-electron chi connectivity index (χ0n) is 9.46. The van der Waals surface area contributed by atoms with Gasteiger partial charge in [0.25, 0.3) is 5.69 Å². The van der Waals surface area contributed by atoms with Gasteiger partial charge in [-0.05, 0) is 12.0 Å². The Bertz CT molecular complexity index is 398. The quantitative estimate of drug-likeness (QED) is 0.645. The zero-order chi connectivity index (χ0) is 12.7. The van der Waals surface area contributed by atoms with E-state index in [4.69, 9.17) is 5.11 Å². The van der Waals surface area contributed by atoms with Crippen LogP contribution in [0, 0.1) is 10.1 Å². The normalized spacial score (nSPS) is 12.2. The van der Waals surface area contributed by atoms with Crippen molar-refractivity contribution in [3.63, 3.8) is 0 Å². The predicted octanol–water partition coefficient (Wildman–Crippen LogP) is 2.78. The Balaban J connectivity index is 0.000000415. The fraction of sp³-hybridized carbons (Fsp3) is 0.417. The summed E-state index contributed by atoms with van der Waals surface area (Å²) in [6.45, 7) is 0. The van der Waals surface area contributed by atoms with Crippen molar-refractivity contribution in [2.24, 2.45) is 0 Å². The number of aliphatic carboxylic acids is 1. The molecule has 92 valence electrons. The van der Waals surface area contributed by atoms with Crippen LogP contribution in [0.1, 0.15) is 31.2 Å². The number of carbonyl (C=O) groups is 1. The van der Waals surface area contributed by atoms with Gasteiger partial charge in [-0.1, -0.05) is 31.4 Å². The molecular formula is C12H15NO4. The molecule has 0 aromatic heterocycles. The van der Waals surface area contributed by atoms with Gasteiger partial charge >= 0.3 is 5.97 Å². The number of nitrogens with zero attached hydrogens (tertiary/aromatic N) is 1. The number of hydrogen-bond acceptors (Lipinski definition) is 3. The summed E-state index contributed by atoms with van der Waals surface area (Å²) in [4.78, 5) is 20.1. The lowest BCUT2D eigenvalue weighted by Gasteiger charge is -1.97. The Morgan fingerprint density at radius 1 is 1.35 bits per heavy atom. The van der Waals surface area contributed by atoms with Crippen molar-refractivity contribution in [2.45, 2.75) is 32.1 Å². The topological polar surface area (TPSA) is 80.4 Å². The van der Waals surface area contributed by atoms with E-state index < -0.39 is 10.9 Å². The first-order valence-electron chi connectivity index (χ1n) is 5.54. The average Bonchev–Trinajstić information content (AvgIpc) is 3.14. The summed E-state index contributed by atoms with van der Waals surface area (Å²) in [7, 11) is 0. The second-order valence-electron chi connectivity index (χ2n) is 3.88. The van der Waals surface area contributed by atoms with E-state index in [0.717, 1.165) is 0 Å². The molecule has 0 amide bonds. The van der Waals surface area contributed by atoms with E-state index in [0.29, 0.717) is 12.0 Å². The van der Waals surface area contributed by atoms with E-state index in [1.807, 2.05) is 0 Å². The molecule has 0 bridgehead atoms. The van der Waals surface area contributed by atoms with Crippen LogP contribution in [-0.2, 0) is 11.2 Å². The summed E-state index contributed by atoms with van der Waals surface area (Å²) in [6, 6.07) is 6.00. The maximum absolute atomic E-state index is 10.4. The number of nitro benzene ring substituents is 1. The van der Waals surface area contributed by atoms with Crippen LogP contribution in [-0.4, -0.2) is 16.0 Å². The van der Waals surface area contributed by atoms with Gasteiger partial charge in [-0.2, -0.15) is 0 Å². The maximum Gasteiger partial charge on any atom is 0.303 e. The van der Waals surface area contributed by atoms with Gasteiger partial charge in [0.1, 0.15) is 0 Å². The van der Waals surface area contributed by atoms with Crippen LogP contribution in [0.5, 0.6) is 0 Å². The minimum Gasteiger partial charge on any atom is -0.481 e. The SMILES string of the molecule is C1CC1.O=C(O)CCc1cccc([N+](=O)[O-])c1. The number of carboxylic acid groups (broad SMARTS) is 1. The van der Waals surface area contributed by atoms with Gasteiger partial charge in [0.05, 0.1) is 4.92 Å². The molecule has 1 aliphatic rings. The van der Waals surface area contributed by atoms with Crippen LogP contribution in [0.15, 0.2) is 24.3 Å². The van der Waals surface area contributed by atoms with Gasteiger partial charge in [-0.15, -0.1) is 0 Å². The molecule has 1 aliphatic carbocycles. The Labute approximate surface area is 99.2 Å². The van der Waals surface area contributed by atoms with Crippen molar-refractivity contribution < 1.29 is 14.8 Å². The molecule has 0 spiro atoms. The highest BCUT2D eigenvalue weighted by molar-refractivity contribution is 5.67. The summed E-state index contributed by atoms with van der Waals surface area (Å²) < 4.78 is 0. The van der Waals surface area contributed by atoms with Crippen LogP contribution in [0.3, 0.4) is 0 Å². The third-order valence-electron chi connectivity index (χ3n) is 2.10. The standard InChI is InChI=1S/C9H9NO4.C3H6/c11-9(12)5-4-7-2-1-3-8(6-7)10(13)14;1-2-3-1/h1-3,6H,4-5H2,(H,11,12);1-3H2. The van der Waals surface area contributed by atoms with Gasteiger partial charge in [0.2, 0.25) is 0 Å². The predicted molar refractivity (Wildman–Crippen MR) is 62.9 cm³/mol. The highest BCUT2D eigenvalue weighted by Gasteiger charge is 2.06. The Morgan fingerprint density at radius 2 is 2.00 bits per heavy atom. The number of non-ortho nitro benzene ring substituents is 1. The van der Waals surface area contributed by atoms with Crippen LogP contribution in [0.2, 0.25) is 0 Å². The van der Waals surface area contributed by atoms with E-state index >= 15 is 0 Å². The number of carboxylic acids is 1. The molecule has 1 fully saturated rings. The second-order valence-corrected chi connectivity index (χ2v) is 3.88. The number of benzene rings is 1. The van der Waals surface area contributed by atoms with Gasteiger partial charge in [0.15, 0.2) is 0 Å². The number of hydrogen-bond donors (Lipinski definition) is 1. The molecule has 0 saturated heterocycles. The molecule has 17 heavy (non-hydrogen) atoms. The molecule has 0 aliphatic heterocycles. The molecule has 5 nitrogen and oxygen atoms in total. The maximum atomic E-state index is 10.4. The highest BCUT2D eigenvalue weighted by Crippen LogP contribution is 2.15. The van der Waals surface area contributed by atoms with Crippen LogP contribution >= 0.6 is 0 Å². The molecule has 1 aromatic carbocycles. The minimum absolute atomic E-state index is 0.00658. The van der Waals surface area contributed by atoms with E-state index in [9.17, 15) is 14.9 Å². The fourth-order valence-corrected chi connectivity index (χ4v) is 1.08. The lowest BCUT2D eigenvalue weighted by Crippen LogP contribution is -1.98. The van der Waals surface area contributed by atoms with Crippen molar-refractivity contribution in [1.82, 2.24) is 0 Å². The highest BCUT2D eigenvalue weighted by atomic mass is 16.6. The molecule has 1 saturated carbocycles. The van der Waals surface area contributed by atoms with Crippen molar-refractivity contribution in [1.29, 1.82) is 0 Å². The number of rotatable bonds is 4. The van der Waals surface area contributed by atoms with Crippen LogP contribution in [0.25, 0.3) is 0 Å². The average molecular weight is 237 g/mol. The zero-order valence-corrected chi connectivity index (χ0v) is 9.46. The Morgan fingerprint density at radius 3 is 2.47 bits per heavy atom. The first-order valence-corrected chi connectivity index (χ1v) is 5.54. The minimum atomic E-state index is -0.906. The van der Waals surface area contributed by atoms with Gasteiger partial charge in [0, 0.05) is 18.6 Å². The van der Waals surface area contributed by atoms with Gasteiger partial charge in [-0.3, -0.25) is 14.9 Å². The first-order chi connectivity index (χ1) is 8.09. The Kier molecular flexibility index (Phi) is 5.13. The summed E-state index contributed by atoms with van der Waals surface area (Å²) >= 11 is 0. The van der Waals surface area contributed by atoms with Crippen LogP contribution in [0.4, 0.5) is 5.69 Å². The lowest BCUT2D eigenvalue weighted by atomic mass is 10.1. The molecular weight excluding hydrogens is 222 g/mol. The smallest absolute Gasteiger partial charge is 0.303 e. The molecule has 0 atom stereocenters. The monoisotopic (exact) mass is 237 g/mol. The molecule has 1 N–H and O–H groups in total. The van der Waals surface area contributed by atoms with E-state index in [1.54, 1.807) is 12.1 Å². The number of nitro groups is 1. The molecule has 0 heterocycles. The molecule has 0 unspecified atom stereocenters. The van der Waals surface area contributed by atoms with Crippen molar-refractivity contribution >= 4 is 11.7 Å². The first kappa shape index (κ1) is 13.2. The van der Waals surface area contributed by atoms with Crippen molar-refractivity contribution in [2.75, 3.05) is 0 Å². The summed E-state index contributed by atoms with van der Waals surface area (Å²) in [5.41, 5.74) is 0.662. The second kappa shape index (κ2) is 6.62. The number of aryl methyl sites for hydroxylation is 1. The third kappa shape index (κ3) is 6.29. The van der Waals surface area contributed by atoms with E-state index in [2.05, 4.69) is 0 Å². The summed E-state index contributed by atoms with van der Waals surface area (Å²) in [6.07, 6.45) is 4.80. The van der Waals surface area contributed by atoms with Gasteiger partial charge < -0.3 is 5.11 Å². The van der Waals surface area contributed by atoms with Crippen molar-refractivity contribution in [3.05, 3.63) is 39.9 Å². The largest absolute Gasteiger partial charge is 0.481 e. The molecule has 2 rings (SSSR count).